The van der Waals surface area contributed by atoms with E-state index in [0.717, 1.165) is 11.2 Å². The number of carbonyl (C=O) groups excluding carboxylic acids is 1. The summed E-state index contributed by atoms with van der Waals surface area (Å²) in [6, 6.07) is 1.84. The Hall–Kier alpha value is -1.03. The molecule has 0 radical (unpaired) electrons. The third-order valence-electron chi connectivity index (χ3n) is 1.94. The maximum Gasteiger partial charge on any atom is 0.412 e. The van der Waals surface area contributed by atoms with Crippen molar-refractivity contribution in [3.63, 3.8) is 0 Å². The highest BCUT2D eigenvalue weighted by Gasteiger charge is 2.07. The minimum absolute atomic E-state index is 0.323. The van der Waals surface area contributed by atoms with Crippen LogP contribution in [0.4, 0.5) is 10.6 Å². The number of aromatic nitrogens is 3. The number of hydrogen-bond acceptors (Lipinski definition) is 5. The van der Waals surface area contributed by atoms with Crippen molar-refractivity contribution in [1.29, 1.82) is 0 Å². The average molecular weight is 364 g/mol. The Morgan fingerprint density at radius 2 is 2.53 bits per heavy atom. The molecular formula is C9H9IN4O2S. The van der Waals surface area contributed by atoms with Crippen LogP contribution in [0.25, 0.3) is 11.2 Å². The van der Waals surface area contributed by atoms with E-state index in [9.17, 15) is 4.79 Å². The molecule has 90 valence electrons. The summed E-state index contributed by atoms with van der Waals surface area (Å²) in [5.74, 6) is 0.382. The van der Waals surface area contributed by atoms with Crippen molar-refractivity contribution < 1.29 is 9.53 Å². The van der Waals surface area contributed by atoms with E-state index in [-0.39, 0.29) is 0 Å². The van der Waals surface area contributed by atoms with Gasteiger partial charge in [-0.3, -0.25) is 9.29 Å². The number of ether oxygens (including phenoxy) is 1. The molecule has 1 amide bonds. The zero-order valence-electron chi connectivity index (χ0n) is 8.88. The van der Waals surface area contributed by atoms with Crippen LogP contribution in [0.2, 0.25) is 0 Å². The molecule has 0 spiro atoms. The van der Waals surface area contributed by atoms with E-state index in [0.29, 0.717) is 12.4 Å². The van der Waals surface area contributed by atoms with Crippen LogP contribution in [0.1, 0.15) is 6.92 Å². The minimum Gasteiger partial charge on any atom is -0.450 e. The molecule has 17 heavy (non-hydrogen) atoms. The molecule has 2 heterocycles. The predicted molar refractivity (Wildman–Crippen MR) is 75.2 cm³/mol. The number of nitrogens with one attached hydrogen (secondary N) is 1. The van der Waals surface area contributed by atoms with E-state index in [2.05, 4.69) is 36.5 Å². The number of hydrogen-bond donors (Lipinski definition) is 1. The molecule has 1 N–H and O–H groups in total. The number of carbonyl (C=O) groups is 1. The van der Waals surface area contributed by atoms with Gasteiger partial charge >= 0.3 is 6.09 Å². The van der Waals surface area contributed by atoms with Crippen molar-refractivity contribution in [3.8, 4) is 0 Å². The van der Waals surface area contributed by atoms with Crippen LogP contribution in [0, 0.1) is 0 Å². The minimum atomic E-state index is -0.524. The second-order valence-corrected chi connectivity index (χ2v) is 4.73. The fraction of sp³-hybridized carbons (Fsp3) is 0.222. The summed E-state index contributed by atoms with van der Waals surface area (Å²) in [5.41, 5.74) is 1.49. The topological polar surface area (TPSA) is 69.0 Å². The van der Waals surface area contributed by atoms with Gasteiger partial charge in [0.2, 0.25) is 0 Å². The number of fused-ring (bicyclic) bond motifs is 1. The fourth-order valence-electron chi connectivity index (χ4n) is 1.28. The van der Waals surface area contributed by atoms with Crippen LogP contribution in [0.5, 0.6) is 0 Å². The molecule has 0 aliphatic rings. The summed E-state index contributed by atoms with van der Waals surface area (Å²) in [6.07, 6.45) is 2.85. The molecule has 8 heteroatoms. The zero-order valence-corrected chi connectivity index (χ0v) is 11.9. The lowest BCUT2D eigenvalue weighted by atomic mass is 10.5. The molecule has 0 aromatic carbocycles. The fourth-order valence-corrected chi connectivity index (χ4v) is 2.54. The smallest absolute Gasteiger partial charge is 0.412 e. The van der Waals surface area contributed by atoms with Gasteiger partial charge in [-0.15, -0.1) is 0 Å². The molecule has 6 nitrogen and oxygen atoms in total. The van der Waals surface area contributed by atoms with Crippen molar-refractivity contribution >= 4 is 53.4 Å². The normalized spacial score (nSPS) is 10.5. The van der Waals surface area contributed by atoms with E-state index in [1.54, 1.807) is 6.92 Å². The molecule has 2 aromatic rings. The Kier molecular flexibility index (Phi) is 4.05. The number of amides is 1. The number of rotatable bonds is 3. The Bertz CT molecular complexity index is 545. The van der Waals surface area contributed by atoms with E-state index in [1.807, 2.05) is 16.2 Å². The lowest BCUT2D eigenvalue weighted by Gasteiger charge is -2.04. The van der Waals surface area contributed by atoms with Crippen LogP contribution >= 0.6 is 30.3 Å². The van der Waals surface area contributed by atoms with Crippen molar-refractivity contribution in [2.75, 3.05) is 11.9 Å². The highest BCUT2D eigenvalue weighted by Crippen LogP contribution is 2.22. The average Bonchev–Trinajstić information content (AvgIpc) is 2.71. The molecular weight excluding hydrogens is 355 g/mol. The molecule has 2 aromatic heterocycles. The van der Waals surface area contributed by atoms with Crippen LogP contribution < -0.4 is 5.32 Å². The quantitative estimate of drug-likeness (QED) is 0.849. The number of nitrogens with zero attached hydrogens (tertiary/aromatic N) is 3. The lowest BCUT2D eigenvalue weighted by Crippen LogP contribution is -2.14. The van der Waals surface area contributed by atoms with Crippen molar-refractivity contribution in [2.45, 2.75) is 6.92 Å². The highest BCUT2D eigenvalue weighted by molar-refractivity contribution is 14.2. The van der Waals surface area contributed by atoms with Crippen molar-refractivity contribution in [2.24, 2.45) is 0 Å². The second kappa shape index (κ2) is 5.54. The van der Waals surface area contributed by atoms with Gasteiger partial charge in [-0.25, -0.2) is 14.8 Å². The van der Waals surface area contributed by atoms with E-state index in [4.69, 9.17) is 4.74 Å². The summed E-state index contributed by atoms with van der Waals surface area (Å²) in [5, 5.41) is 2.51. The summed E-state index contributed by atoms with van der Waals surface area (Å²) >= 11 is 2.16. The third kappa shape index (κ3) is 2.80. The van der Waals surface area contributed by atoms with Gasteiger partial charge in [0, 0.05) is 36.5 Å². The Morgan fingerprint density at radius 3 is 3.24 bits per heavy atom. The molecule has 0 aliphatic carbocycles. The second-order valence-electron chi connectivity index (χ2n) is 3.02. The summed E-state index contributed by atoms with van der Waals surface area (Å²) in [4.78, 5) is 19.7. The van der Waals surface area contributed by atoms with Crippen LogP contribution in [0.3, 0.4) is 0 Å². The Balaban J connectivity index is 2.23. The van der Waals surface area contributed by atoms with Crippen molar-refractivity contribution in [1.82, 2.24) is 13.9 Å². The molecule has 0 saturated carbocycles. The maximum absolute atomic E-state index is 11.2. The molecule has 0 bridgehead atoms. The monoisotopic (exact) mass is 364 g/mol. The van der Waals surface area contributed by atoms with Gasteiger partial charge < -0.3 is 4.74 Å². The van der Waals surface area contributed by atoms with Crippen LogP contribution in [-0.2, 0) is 4.74 Å². The van der Waals surface area contributed by atoms with Crippen LogP contribution in [-0.4, -0.2) is 26.6 Å². The first-order chi connectivity index (χ1) is 8.24. The van der Waals surface area contributed by atoms with Gasteiger partial charge in [0.15, 0.2) is 11.5 Å². The van der Waals surface area contributed by atoms with Gasteiger partial charge in [-0.1, -0.05) is 0 Å². The largest absolute Gasteiger partial charge is 0.450 e. The predicted octanol–water partition coefficient (Wildman–Crippen LogP) is 2.85. The zero-order chi connectivity index (χ0) is 12.3. The van der Waals surface area contributed by atoms with Gasteiger partial charge in [0.05, 0.1) is 12.8 Å². The molecule has 0 fully saturated rings. The lowest BCUT2D eigenvalue weighted by molar-refractivity contribution is 0.168. The van der Waals surface area contributed by atoms with Gasteiger partial charge in [-0.05, 0) is 13.0 Å². The molecule has 0 atom stereocenters. The summed E-state index contributed by atoms with van der Waals surface area (Å²) in [6.45, 7) is 2.07. The van der Waals surface area contributed by atoms with Gasteiger partial charge in [0.1, 0.15) is 5.52 Å². The molecule has 0 aliphatic heterocycles. The van der Waals surface area contributed by atoms with E-state index in [1.165, 1.54) is 15.3 Å². The molecule has 0 unspecified atom stereocenters. The summed E-state index contributed by atoms with van der Waals surface area (Å²) in [7, 11) is 1.50. The molecule has 0 saturated heterocycles. The highest BCUT2D eigenvalue weighted by atomic mass is 127. The maximum atomic E-state index is 11.2. The standard InChI is InChI=1S/C9H9IN4O2S/c1-2-16-9(15)13-7-5-11-8-6(12-7)3-4-14(8)17-10/h3-5H,2H2,1H3,(H,12,13,15). The first kappa shape index (κ1) is 12.4. The van der Waals surface area contributed by atoms with Gasteiger partial charge in [-0.2, -0.15) is 0 Å². The Morgan fingerprint density at radius 1 is 1.71 bits per heavy atom. The van der Waals surface area contributed by atoms with Crippen LogP contribution in [0.15, 0.2) is 18.5 Å². The third-order valence-corrected chi connectivity index (χ3v) is 3.65. The SMILES string of the molecule is CCOC(=O)Nc1cnc2c(ccn2SI)n1. The Labute approximate surface area is 114 Å². The van der Waals surface area contributed by atoms with Crippen molar-refractivity contribution in [3.05, 3.63) is 18.5 Å². The number of anilines is 1. The first-order valence-electron chi connectivity index (χ1n) is 4.81. The van der Waals surface area contributed by atoms with Gasteiger partial charge in [0.25, 0.3) is 0 Å². The number of halogens is 1. The summed E-state index contributed by atoms with van der Waals surface area (Å²) < 4.78 is 6.64. The first-order valence-corrected chi connectivity index (χ1v) is 8.13. The van der Waals surface area contributed by atoms with E-state index >= 15 is 0 Å². The van der Waals surface area contributed by atoms with E-state index < -0.39 is 6.09 Å². The molecule has 2 rings (SSSR count).